The summed E-state index contributed by atoms with van der Waals surface area (Å²) in [5, 5.41) is 0. The van der Waals surface area contributed by atoms with Crippen molar-refractivity contribution in [3.05, 3.63) is 75.8 Å². The molecule has 27 heteroatoms. The van der Waals surface area contributed by atoms with Crippen molar-refractivity contribution < 1.29 is 0 Å². The summed E-state index contributed by atoms with van der Waals surface area (Å²) in [6, 6.07) is 17.8. The highest BCUT2D eigenvalue weighted by atomic mass is 15.1. The van der Waals surface area contributed by atoms with Gasteiger partial charge in [0.15, 0.2) is 0 Å². The van der Waals surface area contributed by atoms with E-state index in [0.717, 1.165) is 0 Å². The molecule has 0 saturated carbocycles. The van der Waals surface area contributed by atoms with E-state index in [4.69, 9.17) is 0 Å². The Morgan fingerprint density at radius 2 is 0.722 bits per heavy atom. The van der Waals surface area contributed by atoms with Gasteiger partial charge in [-0.15, -0.1) is 38.2 Å². The van der Waals surface area contributed by atoms with E-state index in [-0.39, 0.29) is 5.41 Å². The molecule has 0 aliphatic heterocycles. The van der Waals surface area contributed by atoms with Crippen LogP contribution in [0.3, 0.4) is 0 Å². The summed E-state index contributed by atoms with van der Waals surface area (Å²) in [6.45, 7) is 4.92. The first-order chi connectivity index (χ1) is 36.8. The number of rotatable bonds is 6. The fraction of sp³-hybridized carbons (Fsp3) is 0.0769. The zero-order valence-electron chi connectivity index (χ0n) is 54.0. The average molecular weight is 985 g/mol. The van der Waals surface area contributed by atoms with Crippen LogP contribution in [0.5, 0.6) is 0 Å². The smallest absolute Gasteiger partial charge is 0.141 e. The summed E-state index contributed by atoms with van der Waals surface area (Å²) in [6.07, 6.45) is 0. The Morgan fingerprint density at radius 3 is 1.30 bits per heavy atom. The van der Waals surface area contributed by atoms with E-state index in [1.807, 2.05) is 0 Å². The minimum absolute atomic E-state index is 0.163. The van der Waals surface area contributed by atoms with Gasteiger partial charge in [0, 0.05) is 22.5 Å². The predicted molar refractivity (Wildman–Crippen MR) is 434 cm³/mol. The lowest BCUT2D eigenvalue weighted by molar-refractivity contribution is 0.665. The van der Waals surface area contributed by atoms with Crippen molar-refractivity contribution in [1.82, 2.24) is 0 Å². The van der Waals surface area contributed by atoms with Crippen molar-refractivity contribution in [3.63, 3.8) is 0 Å². The highest BCUT2D eigenvalue weighted by molar-refractivity contribution is 6.70. The third-order valence-corrected chi connectivity index (χ3v) is 22.3. The molecule has 10 rings (SSSR count). The lowest BCUT2D eigenvalue weighted by Gasteiger charge is -2.42. The SMILES string of the molecule is Bc1cc(C2(c3c(B)c(B)c(B)c(B)c3B)c3c(B)cc(B)c(B)c3-c3c(B)c(B)c(B)c(B)c32)cc(-c2c(B)c(B)c(N(c3cc(B)c4c(c3)C(C)(C)c3c-4cc(B)c(B)c3B)c3cc(B)c(B)c(B)c3B)c(B)c2B)c1B. The van der Waals surface area contributed by atoms with E-state index in [2.05, 4.69) is 265 Å². The lowest BCUT2D eigenvalue weighted by Crippen LogP contribution is -2.61. The molecule has 2 aliphatic carbocycles. The van der Waals surface area contributed by atoms with Crippen molar-refractivity contribution in [2.24, 2.45) is 0 Å². The molecule has 0 radical (unpaired) electrons. The Balaban J connectivity index is 1.32. The number of benzene rings is 8. The van der Waals surface area contributed by atoms with E-state index < -0.39 is 5.41 Å². The second kappa shape index (κ2) is 19.4. The zero-order chi connectivity index (χ0) is 58.2. The predicted octanol–water partition coefficient (Wildman–Crippen LogP) is -31.8. The minimum Gasteiger partial charge on any atom is -0.312 e. The van der Waals surface area contributed by atoms with Gasteiger partial charge in [-0.05, 0) is 85.0 Å². The molecular formula is C52H65B26N. The third kappa shape index (κ3) is 7.74. The van der Waals surface area contributed by atoms with Crippen molar-refractivity contribution >= 4 is 363 Å². The Bertz CT molecular complexity index is 4090. The van der Waals surface area contributed by atoms with Crippen LogP contribution in [-0.2, 0) is 10.8 Å². The van der Waals surface area contributed by atoms with Crippen LogP contribution in [0.2, 0.25) is 0 Å². The van der Waals surface area contributed by atoms with Crippen molar-refractivity contribution in [2.75, 3.05) is 4.90 Å². The molecule has 0 bridgehead atoms. The van der Waals surface area contributed by atoms with Crippen LogP contribution in [-0.4, -0.2) is 204 Å². The third-order valence-electron chi connectivity index (χ3n) is 22.3. The van der Waals surface area contributed by atoms with Crippen LogP contribution in [0.15, 0.2) is 42.5 Å². The van der Waals surface area contributed by atoms with Crippen LogP contribution < -0.4 is 147 Å². The van der Waals surface area contributed by atoms with E-state index in [0.29, 0.717) is 0 Å². The molecule has 0 aromatic heterocycles. The molecule has 0 heterocycles. The molecule has 79 heavy (non-hydrogen) atoms. The van der Waals surface area contributed by atoms with Crippen molar-refractivity contribution in [3.8, 4) is 33.4 Å². The van der Waals surface area contributed by atoms with Crippen LogP contribution in [0.1, 0.15) is 47.2 Å². The molecule has 1 unspecified atom stereocenters. The Labute approximate surface area is 498 Å². The molecule has 0 saturated heterocycles. The van der Waals surface area contributed by atoms with E-state index in [9.17, 15) is 0 Å². The van der Waals surface area contributed by atoms with Crippen molar-refractivity contribution in [2.45, 2.75) is 24.7 Å². The lowest BCUT2D eigenvalue weighted by atomic mass is 9.50. The molecule has 356 valence electrons. The summed E-state index contributed by atoms with van der Waals surface area (Å²) >= 11 is 0. The van der Waals surface area contributed by atoms with Gasteiger partial charge >= 0.3 is 0 Å². The second-order valence-electron chi connectivity index (χ2n) is 26.2. The van der Waals surface area contributed by atoms with Crippen LogP contribution >= 0.6 is 0 Å². The molecule has 0 amide bonds. The van der Waals surface area contributed by atoms with Gasteiger partial charge in [-0.25, -0.2) is 0 Å². The first-order valence-electron chi connectivity index (χ1n) is 29.5. The summed E-state index contributed by atoms with van der Waals surface area (Å²) in [7, 11) is 61.7. The maximum Gasteiger partial charge on any atom is 0.141 e. The normalized spacial score (nSPS) is 14.7. The van der Waals surface area contributed by atoms with Gasteiger partial charge in [0.1, 0.15) is 204 Å². The Hall–Kier alpha value is -4.75. The highest BCUT2D eigenvalue weighted by Gasteiger charge is 2.51. The monoisotopic (exact) mass is 990 g/mol. The molecule has 1 nitrogen and oxygen atoms in total. The van der Waals surface area contributed by atoms with Gasteiger partial charge in [0.2, 0.25) is 0 Å². The van der Waals surface area contributed by atoms with Crippen LogP contribution in [0.4, 0.5) is 17.1 Å². The van der Waals surface area contributed by atoms with E-state index in [1.165, 1.54) is 226 Å². The fourth-order valence-corrected chi connectivity index (χ4v) is 16.0. The van der Waals surface area contributed by atoms with Gasteiger partial charge in [0.05, 0.1) is 5.41 Å². The van der Waals surface area contributed by atoms with Gasteiger partial charge in [-0.3, -0.25) is 0 Å². The maximum absolute atomic E-state index is 2.68. The zero-order valence-corrected chi connectivity index (χ0v) is 54.0. The number of fused-ring (bicyclic) bond motifs is 6. The second-order valence-corrected chi connectivity index (χ2v) is 26.2. The van der Waals surface area contributed by atoms with E-state index >= 15 is 0 Å². The first-order valence-corrected chi connectivity index (χ1v) is 29.5. The topological polar surface area (TPSA) is 3.24 Å². The molecule has 1 atom stereocenters. The minimum atomic E-state index is -0.582. The summed E-state index contributed by atoms with van der Waals surface area (Å²) in [4.78, 5) is 2.67. The number of hydrogen-bond donors (Lipinski definition) is 0. The Kier molecular flexibility index (Phi) is 14.1. The summed E-state index contributed by atoms with van der Waals surface area (Å²) in [5.74, 6) is 0. The number of hydrogen-bond acceptors (Lipinski definition) is 1. The van der Waals surface area contributed by atoms with E-state index in [1.54, 1.807) is 0 Å². The van der Waals surface area contributed by atoms with Gasteiger partial charge < -0.3 is 4.90 Å². The molecular weight excluding hydrogens is 920 g/mol. The Morgan fingerprint density at radius 1 is 0.278 bits per heavy atom. The molecule has 8 aromatic carbocycles. The van der Waals surface area contributed by atoms with Crippen molar-refractivity contribution in [1.29, 1.82) is 0 Å². The number of nitrogens with zero attached hydrogens (tertiary/aromatic N) is 1. The molecule has 2 aliphatic rings. The molecule has 8 aromatic rings. The largest absolute Gasteiger partial charge is 0.312 e. The first kappa shape index (κ1) is 57.5. The highest BCUT2D eigenvalue weighted by Crippen LogP contribution is 2.53. The standard InChI is InChI=1S/C52H65B26N/c1-51(2)14-5-11(6-15(53)22(14)12-7-18(56)32(61)38(67)26(12)51)79(21-9-20(58)33(62)42(71)34(21)63)50-48(77)35(64)23(36(65)49(50)78)13-3-10(4-17(55)30(13)59)52(29-40(69)45(74)47(76)46(75)41(29)70)27-16(54)8-19(57)31(60)24(27)25-28(52)39(68)44(73)43(72)37(25)66/h3-9H,53-78H2,1-2H3. The maximum atomic E-state index is 2.68. The van der Waals surface area contributed by atoms with Crippen LogP contribution in [0, 0.1) is 0 Å². The molecule has 0 N–H and O–H groups in total. The van der Waals surface area contributed by atoms with Gasteiger partial charge in [-0.2, -0.15) is 0 Å². The van der Waals surface area contributed by atoms with Crippen LogP contribution in [0.25, 0.3) is 33.4 Å². The molecule has 0 fully saturated rings. The number of anilines is 3. The summed E-state index contributed by atoms with van der Waals surface area (Å²) in [5.41, 5.74) is 55.8. The quantitative estimate of drug-likeness (QED) is 0.150. The molecule has 0 spiro atoms. The van der Waals surface area contributed by atoms with Gasteiger partial charge in [0.25, 0.3) is 0 Å². The summed E-state index contributed by atoms with van der Waals surface area (Å²) < 4.78 is 0. The average Bonchev–Trinajstić information content (AvgIpc) is 2.62. The fourth-order valence-electron chi connectivity index (χ4n) is 16.0. The van der Waals surface area contributed by atoms with Gasteiger partial charge in [-0.1, -0.05) is 142 Å².